The van der Waals surface area contributed by atoms with Crippen LogP contribution in [-0.2, 0) is 47.6 Å². The van der Waals surface area contributed by atoms with Crippen LogP contribution >= 0.6 is 0 Å². The van der Waals surface area contributed by atoms with E-state index in [-0.39, 0.29) is 47.6 Å². The van der Waals surface area contributed by atoms with Crippen LogP contribution in [0, 0.1) is 0 Å². The minimum absolute atomic E-state index is 0.0364. The van der Waals surface area contributed by atoms with Crippen molar-refractivity contribution in [2.45, 2.75) is 97.9 Å². The summed E-state index contributed by atoms with van der Waals surface area (Å²) in [5, 5.41) is 0. The number of nitrogens with zero attached hydrogens (tertiary/aromatic N) is 1. The van der Waals surface area contributed by atoms with Gasteiger partial charge in [-0.1, -0.05) is 45.9 Å². The molecule has 1 fully saturated rings. The van der Waals surface area contributed by atoms with Gasteiger partial charge in [0.15, 0.2) is 24.6 Å². The second-order valence-electron chi connectivity index (χ2n) is 12.8. The number of amides is 2. The molecule has 0 bridgehead atoms. The summed E-state index contributed by atoms with van der Waals surface area (Å²) in [6.07, 6.45) is -6.73. The van der Waals surface area contributed by atoms with Crippen LogP contribution in [0.15, 0.2) is 30.3 Å². The van der Waals surface area contributed by atoms with E-state index in [4.69, 9.17) is 38.9 Å². The van der Waals surface area contributed by atoms with Crippen molar-refractivity contribution in [3.8, 4) is 5.75 Å². The Morgan fingerprint density at radius 1 is 0.765 bits per heavy atom. The van der Waals surface area contributed by atoms with Gasteiger partial charge in [-0.05, 0) is 35.1 Å². The number of benzene rings is 2. The first kappa shape index (κ1) is 38.8. The maximum atomic E-state index is 13.8. The van der Waals surface area contributed by atoms with Crippen molar-refractivity contribution in [1.29, 1.82) is 0 Å². The first-order valence-corrected chi connectivity index (χ1v) is 16.5. The van der Waals surface area contributed by atoms with E-state index in [9.17, 15) is 28.8 Å². The Morgan fingerprint density at radius 3 is 1.82 bits per heavy atom. The normalized spacial score (nSPS) is 21.4. The van der Waals surface area contributed by atoms with Crippen LogP contribution < -0.4 is 15.4 Å². The number of hydrogen-bond donors (Lipinski definition) is 1. The number of imide groups is 1. The summed E-state index contributed by atoms with van der Waals surface area (Å²) < 4.78 is 38.9. The fourth-order valence-electron chi connectivity index (χ4n) is 6.02. The zero-order chi connectivity index (χ0) is 37.7. The highest BCUT2D eigenvalue weighted by Gasteiger charge is 2.53. The molecule has 1 saturated heterocycles. The largest absolute Gasteiger partial charge is 0.489 e. The van der Waals surface area contributed by atoms with Crippen molar-refractivity contribution < 1.29 is 61.9 Å². The molecule has 2 heterocycles. The molecule has 0 spiro atoms. The molecular formula is C36H44N2O13. The highest BCUT2D eigenvalue weighted by molar-refractivity contribution is 6.35. The van der Waals surface area contributed by atoms with Gasteiger partial charge in [-0.2, -0.15) is 0 Å². The van der Waals surface area contributed by atoms with E-state index in [1.54, 1.807) is 0 Å². The summed E-state index contributed by atoms with van der Waals surface area (Å²) in [6, 6.07) is 8.54. The van der Waals surface area contributed by atoms with Gasteiger partial charge >= 0.3 is 23.9 Å². The number of ether oxygens (including phenoxy) is 7. The Balaban J connectivity index is 1.55. The molecule has 0 aliphatic carbocycles. The third-order valence-electron chi connectivity index (χ3n) is 8.15. The molecule has 5 atom stereocenters. The third-order valence-corrected chi connectivity index (χ3v) is 8.15. The van der Waals surface area contributed by atoms with Crippen LogP contribution in [0.4, 0.5) is 11.4 Å². The van der Waals surface area contributed by atoms with Gasteiger partial charge < -0.3 is 38.9 Å². The predicted octanol–water partition coefficient (Wildman–Crippen LogP) is 3.79. The van der Waals surface area contributed by atoms with Crippen LogP contribution in [0.25, 0.3) is 0 Å². The molecule has 276 valence electrons. The van der Waals surface area contributed by atoms with E-state index >= 15 is 0 Å². The molecule has 15 heteroatoms. The third kappa shape index (κ3) is 8.83. The summed E-state index contributed by atoms with van der Waals surface area (Å²) in [5.41, 5.74) is 8.93. The molecule has 15 nitrogen and oxygen atoms in total. The van der Waals surface area contributed by atoms with Crippen molar-refractivity contribution in [3.63, 3.8) is 0 Å². The lowest BCUT2D eigenvalue weighted by Gasteiger charge is -2.44. The van der Waals surface area contributed by atoms with Gasteiger partial charge in [0.25, 0.3) is 11.8 Å². The maximum absolute atomic E-state index is 13.8. The molecule has 4 rings (SSSR count). The maximum Gasteiger partial charge on any atom is 0.303 e. The quantitative estimate of drug-likeness (QED) is 0.104. The second-order valence-corrected chi connectivity index (χ2v) is 12.8. The average Bonchev–Trinajstić information content (AvgIpc) is 3.27. The number of esters is 4. The van der Waals surface area contributed by atoms with E-state index in [0.717, 1.165) is 31.9 Å². The number of hydrogen-bond acceptors (Lipinski definition) is 14. The molecule has 2 aliphatic heterocycles. The van der Waals surface area contributed by atoms with Crippen LogP contribution in [0.3, 0.4) is 0 Å². The predicted molar refractivity (Wildman–Crippen MR) is 180 cm³/mol. The molecule has 2 N–H and O–H groups in total. The van der Waals surface area contributed by atoms with Gasteiger partial charge in [0, 0.05) is 27.7 Å². The van der Waals surface area contributed by atoms with Crippen molar-refractivity contribution in [1.82, 2.24) is 0 Å². The first-order valence-electron chi connectivity index (χ1n) is 16.5. The van der Waals surface area contributed by atoms with E-state index in [2.05, 4.69) is 0 Å². The highest BCUT2D eigenvalue weighted by atomic mass is 16.7. The van der Waals surface area contributed by atoms with Crippen molar-refractivity contribution in [2.75, 3.05) is 30.5 Å². The molecular weight excluding hydrogens is 668 g/mol. The molecule has 2 aliphatic rings. The van der Waals surface area contributed by atoms with Crippen LogP contribution in [0.2, 0.25) is 0 Å². The van der Waals surface area contributed by atoms with Crippen molar-refractivity contribution in [3.05, 3.63) is 52.6 Å². The molecule has 2 aromatic rings. The second kappa shape index (κ2) is 16.3. The number of rotatable bonds is 13. The minimum Gasteiger partial charge on any atom is -0.489 e. The standard InChI is InChI=1S/C36H44N2O13/c1-17(2)23-10-9-11-24(18(3)4)30(23)38-34(43)25-14-27(37)28(15-26(25)35(38)44)45-12-13-46-36-33(50-22(8)42)32(49-21(7)41)31(48-20(6)40)29(51-36)16-47-19(5)39/h9-11,14-15,17-18,29,31-33,36H,12-13,16,37H2,1-8H3/t29?,31-,32?,33?,36-/m1/s1. The molecule has 51 heavy (non-hydrogen) atoms. The first-order chi connectivity index (χ1) is 24.0. The summed E-state index contributed by atoms with van der Waals surface area (Å²) in [7, 11) is 0. The molecule has 3 unspecified atom stereocenters. The molecule has 0 aromatic heterocycles. The Bertz CT molecular complexity index is 1660. The zero-order valence-electron chi connectivity index (χ0n) is 29.9. The lowest BCUT2D eigenvalue weighted by molar-refractivity contribution is -0.308. The van der Waals surface area contributed by atoms with Crippen LogP contribution in [-0.4, -0.2) is 86.2 Å². The average molecular weight is 713 g/mol. The minimum atomic E-state index is -1.41. The lowest BCUT2D eigenvalue weighted by Crippen LogP contribution is -2.63. The van der Waals surface area contributed by atoms with Crippen molar-refractivity contribution in [2.24, 2.45) is 0 Å². The number of para-hydroxylation sites is 1. The van der Waals surface area contributed by atoms with Crippen LogP contribution in [0.1, 0.15) is 99.1 Å². The number of anilines is 2. The fraction of sp³-hybridized carbons (Fsp3) is 0.500. The summed E-state index contributed by atoms with van der Waals surface area (Å²) in [5.74, 6) is -3.79. The Labute approximate surface area is 295 Å². The van der Waals surface area contributed by atoms with Gasteiger partial charge in [-0.25, -0.2) is 4.90 Å². The van der Waals surface area contributed by atoms with Crippen LogP contribution in [0.5, 0.6) is 5.75 Å². The van der Waals surface area contributed by atoms with Crippen molar-refractivity contribution >= 4 is 47.1 Å². The van der Waals surface area contributed by atoms with Gasteiger partial charge in [-0.3, -0.25) is 28.8 Å². The molecule has 2 amide bonds. The molecule has 2 aromatic carbocycles. The number of nitrogens with two attached hydrogens (primary N) is 1. The number of carbonyl (C=O) groups excluding carboxylic acids is 6. The summed E-state index contributed by atoms with van der Waals surface area (Å²) in [6.45, 7) is 11.7. The highest BCUT2D eigenvalue weighted by Crippen LogP contribution is 2.41. The number of fused-ring (bicyclic) bond motifs is 1. The molecule has 0 saturated carbocycles. The van der Waals surface area contributed by atoms with Gasteiger partial charge in [0.05, 0.1) is 29.1 Å². The molecule has 0 radical (unpaired) electrons. The Morgan fingerprint density at radius 2 is 1.29 bits per heavy atom. The lowest BCUT2D eigenvalue weighted by atomic mass is 9.92. The Hall–Kier alpha value is -5.02. The van der Waals surface area contributed by atoms with E-state index in [1.807, 2.05) is 45.9 Å². The van der Waals surface area contributed by atoms with Gasteiger partial charge in [0.2, 0.25) is 0 Å². The van der Waals surface area contributed by atoms with E-state index < -0.39 is 73.0 Å². The smallest absolute Gasteiger partial charge is 0.303 e. The topological polar surface area (TPSA) is 196 Å². The van der Waals surface area contributed by atoms with Gasteiger partial charge in [-0.15, -0.1) is 0 Å². The summed E-state index contributed by atoms with van der Waals surface area (Å²) in [4.78, 5) is 76.4. The number of carbonyl (C=O) groups is 6. The SMILES string of the molecule is CC(=O)OCC1O[C@@H](OCCOc2cc3c(cc2N)C(=O)N(c2c(C(C)C)cccc2C(C)C)C3=O)C(OC(C)=O)C(OC(C)=O)[C@@H]1OC(C)=O. The zero-order valence-corrected chi connectivity index (χ0v) is 29.9. The summed E-state index contributed by atoms with van der Waals surface area (Å²) >= 11 is 0. The fourth-order valence-corrected chi connectivity index (χ4v) is 6.02. The van der Waals surface area contributed by atoms with E-state index in [1.165, 1.54) is 24.0 Å². The van der Waals surface area contributed by atoms with E-state index in [0.29, 0.717) is 5.69 Å². The number of nitrogen functional groups attached to an aromatic ring is 1. The monoisotopic (exact) mass is 712 g/mol. The Kier molecular flexibility index (Phi) is 12.4. The van der Waals surface area contributed by atoms with Gasteiger partial charge in [0.1, 0.15) is 25.1 Å².